The van der Waals surface area contributed by atoms with Gasteiger partial charge >= 0.3 is 17.6 Å². The molecule has 1 saturated heterocycles. The Hall–Kier alpha value is -2.89. The Morgan fingerprint density at radius 2 is 1.65 bits per heavy atom. The molecule has 0 unspecified atom stereocenters. The van der Waals surface area contributed by atoms with E-state index in [2.05, 4.69) is 0 Å². The van der Waals surface area contributed by atoms with Crippen LogP contribution in [0.25, 0.3) is 17.0 Å². The van der Waals surface area contributed by atoms with Gasteiger partial charge in [-0.1, -0.05) is 12.1 Å². The first kappa shape index (κ1) is 15.0. The van der Waals surface area contributed by atoms with Crippen molar-refractivity contribution in [2.24, 2.45) is 0 Å². The number of aryl methyl sites for hydroxylation is 1. The van der Waals surface area contributed by atoms with Gasteiger partial charge in [0.25, 0.3) is 5.79 Å². The number of ether oxygens (including phenoxy) is 2. The molecule has 1 aliphatic heterocycles. The molecule has 1 aromatic heterocycles. The lowest BCUT2D eigenvalue weighted by Crippen LogP contribution is -2.41. The highest BCUT2D eigenvalue weighted by atomic mass is 16.7. The number of carbonyl (C=O) groups is 2. The van der Waals surface area contributed by atoms with Gasteiger partial charge in [-0.25, -0.2) is 14.4 Å². The van der Waals surface area contributed by atoms with Crippen molar-refractivity contribution in [3.63, 3.8) is 0 Å². The van der Waals surface area contributed by atoms with Gasteiger partial charge in [0.05, 0.1) is 0 Å². The first-order valence-electron chi connectivity index (χ1n) is 6.98. The average molecular weight is 314 g/mol. The van der Waals surface area contributed by atoms with Crippen LogP contribution in [0.1, 0.15) is 25.0 Å². The molecule has 1 aromatic carbocycles. The van der Waals surface area contributed by atoms with Gasteiger partial charge in [0.1, 0.15) is 11.2 Å². The summed E-state index contributed by atoms with van der Waals surface area (Å²) in [5, 5.41) is 0.779. The van der Waals surface area contributed by atoms with Gasteiger partial charge in [0.15, 0.2) is 0 Å². The highest BCUT2D eigenvalue weighted by Gasteiger charge is 2.38. The monoisotopic (exact) mass is 314 g/mol. The summed E-state index contributed by atoms with van der Waals surface area (Å²) in [7, 11) is 0. The normalized spacial score (nSPS) is 16.9. The summed E-state index contributed by atoms with van der Waals surface area (Å²) < 4.78 is 15.2. The zero-order valence-corrected chi connectivity index (χ0v) is 12.8. The van der Waals surface area contributed by atoms with Crippen LogP contribution < -0.4 is 5.63 Å². The van der Waals surface area contributed by atoms with E-state index in [9.17, 15) is 14.4 Å². The largest absolute Gasteiger partial charge is 0.423 e. The Morgan fingerprint density at radius 3 is 2.30 bits per heavy atom. The number of esters is 2. The second kappa shape index (κ2) is 5.08. The Bertz CT molecular complexity index is 894. The van der Waals surface area contributed by atoms with E-state index >= 15 is 0 Å². The molecule has 1 fully saturated rings. The number of fused-ring (bicyclic) bond motifs is 1. The quantitative estimate of drug-likeness (QED) is 0.348. The van der Waals surface area contributed by atoms with Gasteiger partial charge in [-0.3, -0.25) is 0 Å². The molecule has 23 heavy (non-hydrogen) atoms. The van der Waals surface area contributed by atoms with Crippen LogP contribution >= 0.6 is 0 Å². The zero-order valence-electron chi connectivity index (χ0n) is 12.8. The van der Waals surface area contributed by atoms with Crippen molar-refractivity contribution in [1.82, 2.24) is 0 Å². The predicted octanol–water partition coefficient (Wildman–Crippen LogP) is 2.32. The van der Waals surface area contributed by atoms with E-state index in [1.807, 2.05) is 0 Å². The molecule has 6 nitrogen and oxygen atoms in total. The minimum atomic E-state index is -1.28. The van der Waals surface area contributed by atoms with Crippen molar-refractivity contribution in [3.8, 4) is 0 Å². The van der Waals surface area contributed by atoms with Crippen LogP contribution in [0, 0.1) is 6.92 Å². The number of rotatable bonds is 1. The van der Waals surface area contributed by atoms with Crippen LogP contribution in [0.4, 0.5) is 0 Å². The van der Waals surface area contributed by atoms with E-state index < -0.39 is 23.4 Å². The van der Waals surface area contributed by atoms with Gasteiger partial charge in [0.2, 0.25) is 0 Å². The second-order valence-electron chi connectivity index (χ2n) is 5.74. The third kappa shape index (κ3) is 2.88. The third-order valence-corrected chi connectivity index (χ3v) is 3.40. The molecule has 0 aliphatic carbocycles. The molecule has 0 saturated carbocycles. The minimum Gasteiger partial charge on any atom is -0.423 e. The van der Waals surface area contributed by atoms with Crippen molar-refractivity contribution in [1.29, 1.82) is 0 Å². The zero-order chi connectivity index (χ0) is 16.8. The summed E-state index contributed by atoms with van der Waals surface area (Å²) in [5.74, 6) is -2.78. The van der Waals surface area contributed by atoms with Gasteiger partial charge in [0, 0.05) is 25.3 Å². The number of benzene rings is 1. The maximum Gasteiger partial charge on any atom is 0.348 e. The summed E-state index contributed by atoms with van der Waals surface area (Å²) >= 11 is 0. The maximum absolute atomic E-state index is 11.9. The summed E-state index contributed by atoms with van der Waals surface area (Å²) in [4.78, 5) is 35.3. The third-order valence-electron chi connectivity index (χ3n) is 3.40. The van der Waals surface area contributed by atoms with Crippen LogP contribution in [0.2, 0.25) is 0 Å². The van der Waals surface area contributed by atoms with Crippen LogP contribution in [0.5, 0.6) is 0 Å². The topological polar surface area (TPSA) is 82.8 Å². The fraction of sp³-hybridized carbons (Fsp3) is 0.235. The molecular weight excluding hydrogens is 300 g/mol. The van der Waals surface area contributed by atoms with Crippen LogP contribution in [0.15, 0.2) is 39.1 Å². The number of carbonyl (C=O) groups excluding carboxylic acids is 2. The highest BCUT2D eigenvalue weighted by molar-refractivity contribution is 6.19. The number of hydrogen-bond donors (Lipinski definition) is 0. The standard InChI is InChI=1S/C17H14O6/c1-9-6-14(18)21-13-8-10(4-5-11(9)13)7-12-15(19)22-17(2,3)23-16(12)20/h4-8H,1-3H3. The predicted molar refractivity (Wildman–Crippen MR) is 81.5 cm³/mol. The van der Waals surface area contributed by atoms with E-state index in [0.717, 1.165) is 10.9 Å². The lowest BCUT2D eigenvalue weighted by molar-refractivity contribution is -0.222. The molecule has 0 spiro atoms. The molecule has 3 rings (SSSR count). The second-order valence-corrected chi connectivity index (χ2v) is 5.74. The molecule has 2 aromatic rings. The summed E-state index contributed by atoms with van der Waals surface area (Å²) in [5.41, 5.74) is 1.02. The summed E-state index contributed by atoms with van der Waals surface area (Å²) in [6, 6.07) is 6.45. The van der Waals surface area contributed by atoms with Crippen molar-refractivity contribution in [3.05, 3.63) is 51.4 Å². The smallest absolute Gasteiger partial charge is 0.348 e. The molecule has 0 atom stereocenters. The number of hydrogen-bond acceptors (Lipinski definition) is 6. The van der Waals surface area contributed by atoms with Crippen molar-refractivity contribution < 1.29 is 23.5 Å². The first-order chi connectivity index (χ1) is 10.7. The summed E-state index contributed by atoms with van der Waals surface area (Å²) in [6.07, 6.45) is 1.35. The Kier molecular flexibility index (Phi) is 3.32. The lowest BCUT2D eigenvalue weighted by Gasteiger charge is -2.29. The first-order valence-corrected chi connectivity index (χ1v) is 6.98. The molecule has 0 bridgehead atoms. The lowest BCUT2D eigenvalue weighted by atomic mass is 10.1. The minimum absolute atomic E-state index is 0.210. The van der Waals surface area contributed by atoms with Crippen molar-refractivity contribution in [2.75, 3.05) is 0 Å². The summed E-state index contributed by atoms with van der Waals surface area (Å²) in [6.45, 7) is 4.76. The highest BCUT2D eigenvalue weighted by Crippen LogP contribution is 2.25. The Morgan fingerprint density at radius 1 is 1.00 bits per heavy atom. The SMILES string of the molecule is Cc1cc(=O)oc2cc(C=C3C(=O)OC(C)(C)OC3=O)ccc12. The van der Waals surface area contributed by atoms with Crippen LogP contribution in [0.3, 0.4) is 0 Å². The molecule has 2 heterocycles. The molecule has 1 aliphatic rings. The Balaban J connectivity index is 2.06. The van der Waals surface area contributed by atoms with Crippen LogP contribution in [-0.2, 0) is 19.1 Å². The average Bonchev–Trinajstić information content (AvgIpc) is 2.41. The molecule has 118 valence electrons. The molecule has 0 radical (unpaired) electrons. The fourth-order valence-corrected chi connectivity index (χ4v) is 2.38. The fourth-order valence-electron chi connectivity index (χ4n) is 2.38. The van der Waals surface area contributed by atoms with E-state index in [1.165, 1.54) is 26.0 Å². The van der Waals surface area contributed by atoms with Gasteiger partial charge in [-0.15, -0.1) is 0 Å². The molecular formula is C17H14O6. The molecule has 0 N–H and O–H groups in total. The van der Waals surface area contributed by atoms with E-state index in [4.69, 9.17) is 13.9 Å². The van der Waals surface area contributed by atoms with E-state index in [0.29, 0.717) is 11.1 Å². The van der Waals surface area contributed by atoms with Gasteiger partial charge < -0.3 is 13.9 Å². The van der Waals surface area contributed by atoms with E-state index in [1.54, 1.807) is 25.1 Å². The maximum atomic E-state index is 11.9. The van der Waals surface area contributed by atoms with Gasteiger partial charge in [-0.05, 0) is 30.2 Å². The molecule has 0 amide bonds. The molecule has 6 heteroatoms. The van der Waals surface area contributed by atoms with E-state index in [-0.39, 0.29) is 5.57 Å². The van der Waals surface area contributed by atoms with Crippen molar-refractivity contribution >= 4 is 29.0 Å². The number of cyclic esters (lactones) is 2. The Labute approximate surface area is 131 Å². The van der Waals surface area contributed by atoms with Crippen LogP contribution in [-0.4, -0.2) is 17.7 Å². The van der Waals surface area contributed by atoms with Gasteiger partial charge in [-0.2, -0.15) is 0 Å². The van der Waals surface area contributed by atoms with Crippen molar-refractivity contribution in [2.45, 2.75) is 26.6 Å².